The summed E-state index contributed by atoms with van der Waals surface area (Å²) in [7, 11) is 0. The average Bonchev–Trinajstić information content (AvgIpc) is 2.97. The molecule has 2 saturated heterocycles. The van der Waals surface area contributed by atoms with Gasteiger partial charge in [-0.2, -0.15) is 0 Å². The maximum Gasteiger partial charge on any atom is 0.313 e. The predicted molar refractivity (Wildman–Crippen MR) is 79.6 cm³/mol. The first-order chi connectivity index (χ1) is 11.2. The van der Waals surface area contributed by atoms with E-state index in [1.165, 1.54) is 12.2 Å². The minimum absolute atomic E-state index is 0.0338. The van der Waals surface area contributed by atoms with Crippen molar-refractivity contribution in [1.82, 2.24) is 0 Å². The molecule has 1 spiro atoms. The molecule has 0 aromatic rings. The second-order valence-corrected chi connectivity index (χ2v) is 8.09. The zero-order chi connectivity index (χ0) is 17.2. The molecule has 0 radical (unpaired) electrons. The molecule has 1 N–H and O–H groups in total. The van der Waals surface area contributed by atoms with Crippen LogP contribution in [0.1, 0.15) is 20.8 Å². The van der Waals surface area contributed by atoms with Gasteiger partial charge in [-0.05, 0) is 44.1 Å². The molecule has 3 fully saturated rings. The van der Waals surface area contributed by atoms with Crippen LogP contribution in [0.5, 0.6) is 0 Å². The number of esters is 1. The highest BCUT2D eigenvalue weighted by molar-refractivity contribution is 6.11. The quantitative estimate of drug-likeness (QED) is 0.644. The van der Waals surface area contributed by atoms with Crippen molar-refractivity contribution in [3.05, 3.63) is 23.3 Å². The smallest absolute Gasteiger partial charge is 0.313 e. The van der Waals surface area contributed by atoms with Gasteiger partial charge in [0.1, 0.15) is 11.5 Å². The highest BCUT2D eigenvalue weighted by Crippen LogP contribution is 2.69. The number of aliphatic hydroxyl groups excluding tert-OH is 1. The maximum absolute atomic E-state index is 13.2. The standard InChI is InChI=1S/C18H18O6/c1-7-4-9(19)16(2)8(7)5-10(20)18-6-23-17(3)13(18)15(22)24-14(17)11(21)12(16)18/h4-5,11-14,21H,6H2,1-3H3/t11-,12-,13+,14+,16-,17+,18-/m1/s1. The second-order valence-electron chi connectivity index (χ2n) is 8.09. The number of ether oxygens (including phenoxy) is 2. The lowest BCUT2D eigenvalue weighted by Crippen LogP contribution is -2.67. The Balaban J connectivity index is 1.84. The van der Waals surface area contributed by atoms with Gasteiger partial charge in [0.05, 0.1) is 23.5 Å². The van der Waals surface area contributed by atoms with Crippen LogP contribution in [-0.2, 0) is 23.9 Å². The lowest BCUT2D eigenvalue weighted by atomic mass is 9.45. The van der Waals surface area contributed by atoms with Crippen molar-refractivity contribution in [1.29, 1.82) is 0 Å². The number of carbonyl (C=O) groups is 3. The number of rotatable bonds is 0. The molecule has 3 aliphatic carbocycles. The van der Waals surface area contributed by atoms with Crippen LogP contribution in [0.2, 0.25) is 0 Å². The molecule has 4 bridgehead atoms. The number of hydrogen-bond acceptors (Lipinski definition) is 6. The van der Waals surface area contributed by atoms with Crippen molar-refractivity contribution in [3.63, 3.8) is 0 Å². The summed E-state index contributed by atoms with van der Waals surface area (Å²) < 4.78 is 11.3. The summed E-state index contributed by atoms with van der Waals surface area (Å²) in [5.41, 5.74) is -1.89. The third-order valence-corrected chi connectivity index (χ3v) is 7.16. The van der Waals surface area contributed by atoms with E-state index in [1.807, 2.05) is 0 Å². The van der Waals surface area contributed by atoms with Crippen molar-refractivity contribution in [2.45, 2.75) is 38.6 Å². The Morgan fingerprint density at radius 3 is 2.58 bits per heavy atom. The SMILES string of the molecule is CC1=CC(=O)[C@@]2(C)C1=CC(=O)[C@@]13CO[C@]4(C)[C@@H](OC(=O)[C@@H]41)[C@H](O)[C@H]23. The Morgan fingerprint density at radius 1 is 1.17 bits per heavy atom. The molecule has 2 heterocycles. The highest BCUT2D eigenvalue weighted by Gasteiger charge is 2.82. The zero-order valence-electron chi connectivity index (χ0n) is 13.7. The fraction of sp³-hybridized carbons (Fsp3) is 0.611. The predicted octanol–water partition coefficient (Wildman–Crippen LogP) is 0.338. The minimum atomic E-state index is -1.23. The van der Waals surface area contributed by atoms with Gasteiger partial charge in [0.2, 0.25) is 0 Å². The topological polar surface area (TPSA) is 89.9 Å². The Kier molecular flexibility index (Phi) is 2.26. The van der Waals surface area contributed by atoms with Crippen LogP contribution in [0.4, 0.5) is 0 Å². The van der Waals surface area contributed by atoms with Crippen molar-refractivity contribution in [2.24, 2.45) is 22.7 Å². The third kappa shape index (κ3) is 1.13. The summed E-state index contributed by atoms with van der Waals surface area (Å²) in [6, 6.07) is 0. The first-order valence-electron chi connectivity index (χ1n) is 8.21. The number of allylic oxidation sites excluding steroid dienone is 4. The molecule has 1 saturated carbocycles. The van der Waals surface area contributed by atoms with E-state index >= 15 is 0 Å². The Bertz CT molecular complexity index is 808. The molecule has 126 valence electrons. The molecule has 6 heteroatoms. The van der Waals surface area contributed by atoms with Gasteiger partial charge in [0.15, 0.2) is 17.7 Å². The van der Waals surface area contributed by atoms with Gasteiger partial charge in [-0.3, -0.25) is 14.4 Å². The average molecular weight is 330 g/mol. The summed E-state index contributed by atoms with van der Waals surface area (Å²) in [5.74, 6) is -2.39. The lowest BCUT2D eigenvalue weighted by Gasteiger charge is -2.53. The summed E-state index contributed by atoms with van der Waals surface area (Å²) in [5, 5.41) is 11.1. The molecule has 5 rings (SSSR count). The van der Waals surface area contributed by atoms with Crippen LogP contribution >= 0.6 is 0 Å². The fourth-order valence-corrected chi connectivity index (χ4v) is 6.15. The molecular formula is C18H18O6. The highest BCUT2D eigenvalue weighted by atomic mass is 16.6. The van der Waals surface area contributed by atoms with Crippen LogP contribution < -0.4 is 0 Å². The zero-order valence-corrected chi connectivity index (χ0v) is 13.7. The van der Waals surface area contributed by atoms with Crippen molar-refractivity contribution in [2.75, 3.05) is 6.61 Å². The summed E-state index contributed by atoms with van der Waals surface area (Å²) in [6.07, 6.45) is 1.04. The van der Waals surface area contributed by atoms with Crippen LogP contribution in [0.25, 0.3) is 0 Å². The molecule has 24 heavy (non-hydrogen) atoms. The summed E-state index contributed by atoms with van der Waals surface area (Å²) >= 11 is 0. The largest absolute Gasteiger partial charge is 0.456 e. The molecule has 6 nitrogen and oxygen atoms in total. The summed E-state index contributed by atoms with van der Waals surface area (Å²) in [4.78, 5) is 38.5. The Labute approximate surface area is 138 Å². The molecule has 0 aromatic carbocycles. The van der Waals surface area contributed by atoms with Crippen LogP contribution in [0.15, 0.2) is 23.3 Å². The van der Waals surface area contributed by atoms with Crippen LogP contribution in [-0.4, -0.2) is 47.1 Å². The van der Waals surface area contributed by atoms with Crippen molar-refractivity contribution >= 4 is 17.5 Å². The lowest BCUT2D eigenvalue weighted by molar-refractivity contribution is -0.165. The number of hydrogen-bond donors (Lipinski definition) is 1. The number of fused-ring (bicyclic) bond motifs is 2. The number of ketones is 2. The van der Waals surface area contributed by atoms with Gasteiger partial charge in [-0.25, -0.2) is 0 Å². The monoisotopic (exact) mass is 330 g/mol. The van der Waals surface area contributed by atoms with E-state index in [-0.39, 0.29) is 18.2 Å². The van der Waals surface area contributed by atoms with E-state index in [9.17, 15) is 19.5 Å². The van der Waals surface area contributed by atoms with E-state index in [0.29, 0.717) is 5.57 Å². The number of carbonyl (C=O) groups excluding carboxylic acids is 3. The van der Waals surface area contributed by atoms with Gasteiger partial charge in [0.25, 0.3) is 0 Å². The minimum Gasteiger partial charge on any atom is -0.456 e. The molecule has 2 aliphatic heterocycles. The maximum atomic E-state index is 13.2. The van der Waals surface area contributed by atoms with Crippen molar-refractivity contribution in [3.8, 4) is 0 Å². The van der Waals surface area contributed by atoms with E-state index < -0.39 is 46.4 Å². The van der Waals surface area contributed by atoms with Gasteiger partial charge < -0.3 is 14.6 Å². The van der Waals surface area contributed by atoms with E-state index in [1.54, 1.807) is 20.8 Å². The van der Waals surface area contributed by atoms with Crippen LogP contribution in [0.3, 0.4) is 0 Å². The van der Waals surface area contributed by atoms with E-state index in [0.717, 1.165) is 5.57 Å². The normalized spacial score (nSPS) is 54.2. The molecule has 7 atom stereocenters. The second kappa shape index (κ2) is 3.73. The van der Waals surface area contributed by atoms with Gasteiger partial charge in [-0.1, -0.05) is 0 Å². The molecule has 0 unspecified atom stereocenters. The molecule has 5 aliphatic rings. The fourth-order valence-electron chi connectivity index (χ4n) is 6.15. The first-order valence-corrected chi connectivity index (χ1v) is 8.21. The molecular weight excluding hydrogens is 312 g/mol. The van der Waals surface area contributed by atoms with E-state index in [4.69, 9.17) is 9.47 Å². The number of aliphatic hydroxyl groups is 1. The van der Waals surface area contributed by atoms with E-state index in [2.05, 4.69) is 0 Å². The third-order valence-electron chi connectivity index (χ3n) is 7.16. The van der Waals surface area contributed by atoms with Gasteiger partial charge >= 0.3 is 5.97 Å². The van der Waals surface area contributed by atoms with Gasteiger partial charge in [0, 0.05) is 5.92 Å². The van der Waals surface area contributed by atoms with Crippen molar-refractivity contribution < 1.29 is 29.0 Å². The first kappa shape index (κ1) is 14.5. The Morgan fingerprint density at radius 2 is 1.88 bits per heavy atom. The van der Waals surface area contributed by atoms with Gasteiger partial charge in [-0.15, -0.1) is 0 Å². The molecule has 0 aromatic heterocycles. The van der Waals surface area contributed by atoms with Crippen LogP contribution in [0, 0.1) is 22.7 Å². The molecule has 0 amide bonds. The summed E-state index contributed by atoms with van der Waals surface area (Å²) in [6.45, 7) is 5.31. The Hall–Kier alpha value is -1.79.